The van der Waals surface area contributed by atoms with Crippen LogP contribution in [0.1, 0.15) is 116 Å². The SMILES string of the molecule is CCCCCCCCc1ccc(-c2ccc(C(C)OC(=O)C(C)OCCCCCCC)cc2)cc1. The van der Waals surface area contributed by atoms with E-state index in [9.17, 15) is 4.79 Å². The standard InChI is InChI=1S/C32H48O3/c1-5-7-9-11-12-14-16-28-17-19-30(20-18-28)31-23-21-29(22-24-31)26(3)35-32(33)27(4)34-25-15-13-10-8-6-2/h17-24,26-27H,5-16,25H2,1-4H3. The smallest absolute Gasteiger partial charge is 0.335 e. The molecule has 0 aliphatic carbocycles. The Morgan fingerprint density at radius 2 is 1.20 bits per heavy atom. The van der Waals surface area contributed by atoms with Gasteiger partial charge in [0.2, 0.25) is 0 Å². The zero-order valence-corrected chi connectivity index (χ0v) is 22.7. The number of carbonyl (C=O) groups is 1. The minimum atomic E-state index is -0.530. The Labute approximate surface area is 214 Å². The molecule has 0 aromatic heterocycles. The van der Waals surface area contributed by atoms with Crippen molar-refractivity contribution in [2.45, 2.75) is 117 Å². The molecule has 3 nitrogen and oxygen atoms in total. The van der Waals surface area contributed by atoms with Crippen LogP contribution in [0.3, 0.4) is 0 Å². The van der Waals surface area contributed by atoms with Gasteiger partial charge in [0.15, 0.2) is 6.10 Å². The van der Waals surface area contributed by atoms with Gasteiger partial charge in [-0.2, -0.15) is 0 Å². The van der Waals surface area contributed by atoms with Crippen molar-refractivity contribution in [3.05, 3.63) is 59.7 Å². The molecule has 2 rings (SSSR count). The number of hydrogen-bond donors (Lipinski definition) is 0. The first-order valence-corrected chi connectivity index (χ1v) is 14.1. The summed E-state index contributed by atoms with van der Waals surface area (Å²) in [6.07, 6.45) is 14.2. The van der Waals surface area contributed by atoms with E-state index >= 15 is 0 Å². The molecule has 3 heteroatoms. The average molecular weight is 481 g/mol. The van der Waals surface area contributed by atoms with Crippen molar-refractivity contribution in [3.8, 4) is 11.1 Å². The second kappa shape index (κ2) is 17.3. The highest BCUT2D eigenvalue weighted by molar-refractivity contribution is 5.74. The van der Waals surface area contributed by atoms with E-state index in [4.69, 9.17) is 9.47 Å². The van der Waals surface area contributed by atoms with Crippen molar-refractivity contribution in [1.82, 2.24) is 0 Å². The molecule has 0 aliphatic rings. The first-order valence-electron chi connectivity index (χ1n) is 14.1. The highest BCUT2D eigenvalue weighted by Gasteiger charge is 2.19. The molecule has 0 aliphatic heterocycles. The lowest BCUT2D eigenvalue weighted by molar-refractivity contribution is -0.161. The van der Waals surface area contributed by atoms with E-state index in [1.54, 1.807) is 6.92 Å². The van der Waals surface area contributed by atoms with E-state index in [2.05, 4.69) is 62.4 Å². The summed E-state index contributed by atoms with van der Waals surface area (Å²) in [4.78, 5) is 12.4. The molecular weight excluding hydrogens is 432 g/mol. The van der Waals surface area contributed by atoms with Gasteiger partial charge in [-0.05, 0) is 55.4 Å². The molecule has 0 saturated heterocycles. The Balaban J connectivity index is 1.76. The number of esters is 1. The summed E-state index contributed by atoms with van der Waals surface area (Å²) in [5.74, 6) is -0.295. The second-order valence-electron chi connectivity index (χ2n) is 9.84. The number of unbranched alkanes of at least 4 members (excludes halogenated alkanes) is 9. The van der Waals surface area contributed by atoms with Crippen LogP contribution in [-0.2, 0) is 20.7 Å². The molecule has 0 bridgehead atoms. The van der Waals surface area contributed by atoms with Gasteiger partial charge in [0, 0.05) is 6.61 Å². The molecule has 0 fully saturated rings. The van der Waals surface area contributed by atoms with Gasteiger partial charge in [-0.1, -0.05) is 120 Å². The Morgan fingerprint density at radius 3 is 1.80 bits per heavy atom. The summed E-state index contributed by atoms with van der Waals surface area (Å²) in [6.45, 7) is 8.78. The van der Waals surface area contributed by atoms with E-state index in [1.807, 2.05) is 6.92 Å². The van der Waals surface area contributed by atoms with E-state index in [-0.39, 0.29) is 12.1 Å². The molecule has 2 aromatic rings. The van der Waals surface area contributed by atoms with Crippen molar-refractivity contribution >= 4 is 5.97 Å². The highest BCUT2D eigenvalue weighted by Crippen LogP contribution is 2.25. The van der Waals surface area contributed by atoms with Gasteiger partial charge in [-0.15, -0.1) is 0 Å². The molecule has 35 heavy (non-hydrogen) atoms. The summed E-state index contributed by atoms with van der Waals surface area (Å²) in [7, 11) is 0. The molecule has 194 valence electrons. The lowest BCUT2D eigenvalue weighted by Gasteiger charge is -2.18. The Kier molecular flexibility index (Phi) is 14.4. The number of aryl methyl sites for hydroxylation is 1. The van der Waals surface area contributed by atoms with Crippen LogP contribution in [0.4, 0.5) is 0 Å². The molecule has 0 radical (unpaired) electrons. The predicted octanol–water partition coefficient (Wildman–Crippen LogP) is 9.24. The second-order valence-corrected chi connectivity index (χ2v) is 9.84. The van der Waals surface area contributed by atoms with Gasteiger partial charge in [0.25, 0.3) is 0 Å². The number of ether oxygens (including phenoxy) is 2. The van der Waals surface area contributed by atoms with E-state index in [1.165, 1.54) is 74.5 Å². The summed E-state index contributed by atoms with van der Waals surface area (Å²) >= 11 is 0. The quantitative estimate of drug-likeness (QED) is 0.157. The molecule has 2 atom stereocenters. The third-order valence-corrected chi connectivity index (χ3v) is 6.73. The first-order chi connectivity index (χ1) is 17.0. The Morgan fingerprint density at radius 1 is 0.686 bits per heavy atom. The fourth-order valence-corrected chi connectivity index (χ4v) is 4.29. The van der Waals surface area contributed by atoms with Gasteiger partial charge in [0.1, 0.15) is 6.10 Å². The van der Waals surface area contributed by atoms with Gasteiger partial charge in [0.05, 0.1) is 0 Å². The predicted molar refractivity (Wildman–Crippen MR) is 148 cm³/mol. The molecule has 0 spiro atoms. The topological polar surface area (TPSA) is 35.5 Å². The third kappa shape index (κ3) is 11.4. The van der Waals surface area contributed by atoms with Crippen molar-refractivity contribution in [3.63, 3.8) is 0 Å². The van der Waals surface area contributed by atoms with Crippen LogP contribution in [0.5, 0.6) is 0 Å². The van der Waals surface area contributed by atoms with Crippen LogP contribution in [0.2, 0.25) is 0 Å². The van der Waals surface area contributed by atoms with Crippen LogP contribution in [0.25, 0.3) is 11.1 Å². The number of benzene rings is 2. The van der Waals surface area contributed by atoms with E-state index in [0.29, 0.717) is 6.61 Å². The van der Waals surface area contributed by atoms with E-state index < -0.39 is 6.10 Å². The molecule has 0 saturated carbocycles. The zero-order valence-electron chi connectivity index (χ0n) is 22.7. The molecular formula is C32H48O3. The van der Waals surface area contributed by atoms with Gasteiger partial charge >= 0.3 is 5.97 Å². The van der Waals surface area contributed by atoms with Gasteiger partial charge in [-0.3, -0.25) is 0 Å². The summed E-state index contributed by atoms with van der Waals surface area (Å²) in [5.41, 5.74) is 4.80. The van der Waals surface area contributed by atoms with E-state index in [0.717, 1.165) is 24.8 Å². The monoisotopic (exact) mass is 480 g/mol. The highest BCUT2D eigenvalue weighted by atomic mass is 16.6. The maximum Gasteiger partial charge on any atom is 0.335 e. The van der Waals surface area contributed by atoms with Crippen LogP contribution in [0.15, 0.2) is 48.5 Å². The Bertz CT molecular complexity index is 810. The average Bonchev–Trinajstić information content (AvgIpc) is 2.88. The van der Waals surface area contributed by atoms with Crippen LogP contribution in [-0.4, -0.2) is 18.7 Å². The molecule has 2 aromatic carbocycles. The van der Waals surface area contributed by atoms with Crippen LogP contribution in [0, 0.1) is 0 Å². The van der Waals surface area contributed by atoms with Crippen molar-refractivity contribution in [1.29, 1.82) is 0 Å². The third-order valence-electron chi connectivity index (χ3n) is 6.73. The molecule has 0 amide bonds. The Hall–Kier alpha value is -2.13. The van der Waals surface area contributed by atoms with Crippen molar-refractivity contribution in [2.75, 3.05) is 6.61 Å². The molecule has 2 unspecified atom stereocenters. The lowest BCUT2D eigenvalue weighted by Crippen LogP contribution is -2.25. The maximum atomic E-state index is 12.4. The number of rotatable bonds is 18. The van der Waals surface area contributed by atoms with Gasteiger partial charge < -0.3 is 9.47 Å². The lowest BCUT2D eigenvalue weighted by atomic mass is 9.99. The summed E-state index contributed by atoms with van der Waals surface area (Å²) < 4.78 is 11.3. The fraction of sp³-hybridized carbons (Fsp3) is 0.594. The van der Waals surface area contributed by atoms with Crippen molar-refractivity contribution in [2.24, 2.45) is 0 Å². The van der Waals surface area contributed by atoms with Crippen molar-refractivity contribution < 1.29 is 14.3 Å². The molecule has 0 heterocycles. The van der Waals surface area contributed by atoms with Crippen LogP contribution < -0.4 is 0 Å². The summed E-state index contributed by atoms with van der Waals surface area (Å²) in [6, 6.07) is 17.3. The normalized spacial score (nSPS) is 12.9. The number of carbonyl (C=O) groups excluding carboxylic acids is 1. The largest absolute Gasteiger partial charge is 0.456 e. The zero-order chi connectivity index (χ0) is 25.3. The van der Waals surface area contributed by atoms with Gasteiger partial charge in [-0.25, -0.2) is 4.79 Å². The number of hydrogen-bond acceptors (Lipinski definition) is 3. The van der Waals surface area contributed by atoms with Crippen LogP contribution >= 0.6 is 0 Å². The minimum Gasteiger partial charge on any atom is -0.456 e. The summed E-state index contributed by atoms with van der Waals surface area (Å²) in [5, 5.41) is 0. The minimum absolute atomic E-state index is 0.295. The molecule has 0 N–H and O–H groups in total. The first kappa shape index (κ1) is 29.1. The maximum absolute atomic E-state index is 12.4. The fourth-order valence-electron chi connectivity index (χ4n) is 4.29.